The molecule has 16 heavy (non-hydrogen) atoms. The summed E-state index contributed by atoms with van der Waals surface area (Å²) in [5.41, 5.74) is 6.44. The number of rotatable bonds is 5. The van der Waals surface area contributed by atoms with Crippen LogP contribution >= 0.6 is 11.8 Å². The van der Waals surface area contributed by atoms with E-state index in [0.29, 0.717) is 17.4 Å². The number of hydrogen-bond acceptors (Lipinski definition) is 7. The summed E-state index contributed by atoms with van der Waals surface area (Å²) in [6.07, 6.45) is 4.37. The number of hydrogen-bond donors (Lipinski definition) is 2. The van der Waals surface area contributed by atoms with Crippen molar-refractivity contribution in [2.24, 2.45) is 5.73 Å². The zero-order valence-corrected chi connectivity index (χ0v) is 9.57. The van der Waals surface area contributed by atoms with Crippen molar-refractivity contribution in [2.75, 3.05) is 12.0 Å². The maximum atomic E-state index is 5.89. The number of aromatic amines is 1. The molecule has 0 spiro atoms. The van der Waals surface area contributed by atoms with Crippen molar-refractivity contribution in [3.8, 4) is 11.5 Å². The molecule has 1 atom stereocenters. The summed E-state index contributed by atoms with van der Waals surface area (Å²) in [6.45, 7) is 0. The quantitative estimate of drug-likeness (QED) is 0.788. The van der Waals surface area contributed by atoms with Gasteiger partial charge in [-0.1, -0.05) is 5.16 Å². The van der Waals surface area contributed by atoms with Crippen molar-refractivity contribution in [1.29, 1.82) is 0 Å². The van der Waals surface area contributed by atoms with Crippen LogP contribution in [0.4, 0.5) is 0 Å². The number of nitrogens with two attached hydrogens (primary N) is 1. The summed E-state index contributed by atoms with van der Waals surface area (Å²) in [7, 11) is 0. The minimum atomic E-state index is -0.222. The number of thioether (sulfide) groups is 1. The lowest BCUT2D eigenvalue weighted by atomic mass is 10.2. The third-order valence-electron chi connectivity index (χ3n) is 2.04. The highest BCUT2D eigenvalue weighted by atomic mass is 32.2. The van der Waals surface area contributed by atoms with E-state index in [2.05, 4.69) is 25.6 Å². The number of H-pyrrole nitrogens is 1. The lowest BCUT2D eigenvalue weighted by Gasteiger charge is -2.03. The topological polar surface area (TPSA) is 107 Å². The monoisotopic (exact) mass is 240 g/mol. The number of nitrogens with one attached hydrogen (secondary N) is 1. The second kappa shape index (κ2) is 5.08. The van der Waals surface area contributed by atoms with Crippen LogP contribution in [0.25, 0.3) is 11.5 Å². The fraction of sp³-hybridized carbons (Fsp3) is 0.500. The maximum absolute atomic E-state index is 5.89. The molecule has 0 saturated heterocycles. The van der Waals surface area contributed by atoms with Gasteiger partial charge in [0.2, 0.25) is 11.7 Å². The number of nitrogens with zero attached hydrogens (tertiary/aromatic N) is 4. The van der Waals surface area contributed by atoms with Crippen LogP contribution in [0.5, 0.6) is 0 Å². The molecule has 0 bridgehead atoms. The molecule has 0 radical (unpaired) electrons. The molecule has 2 heterocycles. The molecule has 0 aliphatic rings. The van der Waals surface area contributed by atoms with E-state index in [1.54, 1.807) is 11.8 Å². The average molecular weight is 240 g/mol. The summed E-state index contributed by atoms with van der Waals surface area (Å²) in [4.78, 5) is 4.17. The van der Waals surface area contributed by atoms with Gasteiger partial charge in [0.25, 0.3) is 0 Å². The average Bonchev–Trinajstić information content (AvgIpc) is 2.94. The number of aromatic nitrogens is 5. The van der Waals surface area contributed by atoms with Gasteiger partial charge in [0.1, 0.15) is 0 Å². The van der Waals surface area contributed by atoms with Crippen LogP contribution < -0.4 is 5.73 Å². The molecule has 0 amide bonds. The van der Waals surface area contributed by atoms with Crippen molar-refractivity contribution >= 4 is 11.8 Å². The van der Waals surface area contributed by atoms with Gasteiger partial charge in [0.05, 0.1) is 12.2 Å². The van der Waals surface area contributed by atoms with Gasteiger partial charge in [-0.2, -0.15) is 32.2 Å². The molecular formula is C8H12N6OS. The Labute approximate surface area is 96.2 Å². The predicted octanol–water partition coefficient (Wildman–Crippen LogP) is 0.608. The zero-order valence-electron chi connectivity index (χ0n) is 8.75. The molecule has 0 aliphatic carbocycles. The summed E-state index contributed by atoms with van der Waals surface area (Å²) in [6, 6.07) is -0.222. The molecule has 7 nitrogen and oxygen atoms in total. The molecule has 0 aromatic carbocycles. The van der Waals surface area contributed by atoms with Gasteiger partial charge in [-0.3, -0.25) is 0 Å². The van der Waals surface area contributed by atoms with Gasteiger partial charge in [0, 0.05) is 0 Å². The van der Waals surface area contributed by atoms with Gasteiger partial charge in [-0.15, -0.1) is 0 Å². The van der Waals surface area contributed by atoms with Gasteiger partial charge in [0.15, 0.2) is 5.69 Å². The fourth-order valence-corrected chi connectivity index (χ4v) is 1.66. The van der Waals surface area contributed by atoms with E-state index in [-0.39, 0.29) is 6.04 Å². The smallest absolute Gasteiger partial charge is 0.243 e. The van der Waals surface area contributed by atoms with Gasteiger partial charge >= 0.3 is 0 Å². The Morgan fingerprint density at radius 1 is 1.62 bits per heavy atom. The Balaban J connectivity index is 2.07. The largest absolute Gasteiger partial charge is 0.337 e. The Hall–Kier alpha value is -1.41. The molecule has 8 heteroatoms. The van der Waals surface area contributed by atoms with Crippen LogP contribution in [0.15, 0.2) is 10.7 Å². The van der Waals surface area contributed by atoms with Crippen molar-refractivity contribution in [2.45, 2.75) is 12.5 Å². The molecule has 0 unspecified atom stereocenters. The first-order valence-corrected chi connectivity index (χ1v) is 6.15. The summed E-state index contributed by atoms with van der Waals surface area (Å²) in [5.74, 6) is 1.80. The minimum Gasteiger partial charge on any atom is -0.337 e. The highest BCUT2D eigenvalue weighted by Crippen LogP contribution is 2.17. The molecule has 3 N–H and O–H groups in total. The van der Waals surface area contributed by atoms with E-state index < -0.39 is 0 Å². The van der Waals surface area contributed by atoms with Crippen LogP contribution in [0.2, 0.25) is 0 Å². The molecule has 2 rings (SSSR count). The summed E-state index contributed by atoms with van der Waals surface area (Å²) >= 11 is 1.73. The molecule has 2 aromatic rings. The first-order valence-electron chi connectivity index (χ1n) is 4.75. The van der Waals surface area contributed by atoms with Crippen LogP contribution in [0.1, 0.15) is 18.4 Å². The third-order valence-corrected chi connectivity index (χ3v) is 2.68. The van der Waals surface area contributed by atoms with Crippen molar-refractivity contribution in [1.82, 2.24) is 25.6 Å². The van der Waals surface area contributed by atoms with Gasteiger partial charge < -0.3 is 10.3 Å². The van der Waals surface area contributed by atoms with Crippen LogP contribution in [0.3, 0.4) is 0 Å². The van der Waals surface area contributed by atoms with E-state index in [1.165, 1.54) is 6.20 Å². The molecule has 2 aromatic heterocycles. The normalized spacial score (nSPS) is 12.9. The highest BCUT2D eigenvalue weighted by Gasteiger charge is 2.16. The SMILES string of the molecule is CSCC[C@@H](N)c1nc(-c2cn[nH]n2)no1. The van der Waals surface area contributed by atoms with Gasteiger partial charge in [-0.05, 0) is 18.4 Å². The lowest BCUT2D eigenvalue weighted by Crippen LogP contribution is -2.11. The van der Waals surface area contributed by atoms with Crippen LogP contribution in [-0.2, 0) is 0 Å². The second-order valence-electron chi connectivity index (χ2n) is 3.20. The highest BCUT2D eigenvalue weighted by molar-refractivity contribution is 7.98. The van der Waals surface area contributed by atoms with Crippen LogP contribution in [0, 0.1) is 0 Å². The first kappa shape index (κ1) is 11.1. The van der Waals surface area contributed by atoms with E-state index in [9.17, 15) is 0 Å². The fourth-order valence-electron chi connectivity index (χ4n) is 1.17. The minimum absolute atomic E-state index is 0.222. The lowest BCUT2D eigenvalue weighted by molar-refractivity contribution is 0.353. The van der Waals surface area contributed by atoms with Crippen molar-refractivity contribution in [3.05, 3.63) is 12.1 Å². The Bertz CT molecular complexity index is 427. The molecule has 86 valence electrons. The predicted molar refractivity (Wildman–Crippen MR) is 59.6 cm³/mol. The third kappa shape index (κ3) is 2.39. The van der Waals surface area contributed by atoms with Crippen molar-refractivity contribution in [3.63, 3.8) is 0 Å². The Kier molecular flexibility index (Phi) is 3.52. The van der Waals surface area contributed by atoms with E-state index >= 15 is 0 Å². The van der Waals surface area contributed by atoms with E-state index in [4.69, 9.17) is 10.3 Å². The van der Waals surface area contributed by atoms with E-state index in [0.717, 1.165) is 12.2 Å². The molecular weight excluding hydrogens is 228 g/mol. The molecule has 0 aliphatic heterocycles. The van der Waals surface area contributed by atoms with E-state index in [1.807, 2.05) is 6.26 Å². The zero-order chi connectivity index (χ0) is 11.4. The standard InChI is InChI=1S/C8H12N6OS/c1-16-3-2-5(9)8-11-7(13-15-8)6-4-10-14-12-6/h4-5H,2-3,9H2,1H3,(H,10,12,14)/t5-/m1/s1. The van der Waals surface area contributed by atoms with Crippen LogP contribution in [-0.4, -0.2) is 37.6 Å². The van der Waals surface area contributed by atoms with Gasteiger partial charge in [-0.25, -0.2) is 0 Å². The maximum Gasteiger partial charge on any atom is 0.243 e. The van der Waals surface area contributed by atoms with Crippen molar-refractivity contribution < 1.29 is 4.52 Å². The molecule has 0 fully saturated rings. The Morgan fingerprint density at radius 3 is 3.19 bits per heavy atom. The second-order valence-corrected chi connectivity index (χ2v) is 4.19. The first-order chi connectivity index (χ1) is 7.81. The summed E-state index contributed by atoms with van der Waals surface area (Å²) < 4.78 is 5.07. The summed E-state index contributed by atoms with van der Waals surface area (Å²) in [5, 5.41) is 13.8. The molecule has 0 saturated carbocycles. The Morgan fingerprint density at radius 2 is 2.50 bits per heavy atom.